The van der Waals surface area contributed by atoms with Crippen LogP contribution >= 0.6 is 0 Å². The second-order valence-electron chi connectivity index (χ2n) is 11.4. The van der Waals surface area contributed by atoms with Gasteiger partial charge in [0.05, 0.1) is 0 Å². The first-order valence-corrected chi connectivity index (χ1v) is 11.9. The highest BCUT2D eigenvalue weighted by Crippen LogP contribution is 2.67. The van der Waals surface area contributed by atoms with Crippen LogP contribution in [0.25, 0.3) is 0 Å². The molecule has 4 fully saturated rings. The van der Waals surface area contributed by atoms with Gasteiger partial charge in [-0.25, -0.2) is 0 Å². The molecule has 0 aromatic heterocycles. The monoisotopic (exact) mass is 358 g/mol. The van der Waals surface area contributed by atoms with Crippen molar-refractivity contribution in [2.24, 2.45) is 52.3 Å². The van der Waals surface area contributed by atoms with Gasteiger partial charge < -0.3 is 0 Å². The van der Waals surface area contributed by atoms with Crippen LogP contribution in [0, 0.1) is 52.3 Å². The summed E-state index contributed by atoms with van der Waals surface area (Å²) in [5, 5.41) is 0. The van der Waals surface area contributed by atoms with Gasteiger partial charge in [0.15, 0.2) is 0 Å². The number of rotatable bonds is 3. The molecule has 0 heterocycles. The molecule has 4 aliphatic carbocycles. The zero-order valence-corrected chi connectivity index (χ0v) is 18.0. The fraction of sp³-hybridized carbons (Fsp3) is 0.960. The minimum atomic E-state index is 0.000901. The molecule has 0 N–H and O–H groups in total. The van der Waals surface area contributed by atoms with Crippen LogP contribution in [-0.2, 0) is 4.79 Å². The minimum absolute atomic E-state index is 0.000901. The molecular formula is C25H42O. The van der Waals surface area contributed by atoms with Crippen LogP contribution in [0.5, 0.6) is 0 Å². The van der Waals surface area contributed by atoms with Crippen molar-refractivity contribution in [3.8, 4) is 0 Å². The summed E-state index contributed by atoms with van der Waals surface area (Å²) >= 11 is 0. The molecule has 4 saturated carbocycles. The lowest BCUT2D eigenvalue weighted by Gasteiger charge is -2.60. The predicted octanol–water partition coefficient (Wildman–Crippen LogP) is 6.90. The van der Waals surface area contributed by atoms with Crippen molar-refractivity contribution in [3.05, 3.63) is 0 Å². The maximum Gasteiger partial charge on any atom is 0.139 e. The van der Waals surface area contributed by atoms with Gasteiger partial charge in [-0.3, -0.25) is 4.79 Å². The molecular weight excluding hydrogens is 316 g/mol. The molecule has 0 aliphatic heterocycles. The van der Waals surface area contributed by atoms with Crippen molar-refractivity contribution in [2.45, 2.75) is 98.8 Å². The van der Waals surface area contributed by atoms with E-state index in [-0.39, 0.29) is 5.41 Å². The highest BCUT2D eigenvalue weighted by molar-refractivity contribution is 5.87. The van der Waals surface area contributed by atoms with Crippen molar-refractivity contribution < 1.29 is 4.79 Å². The van der Waals surface area contributed by atoms with Crippen LogP contribution in [0.4, 0.5) is 0 Å². The number of hydrogen-bond acceptors (Lipinski definition) is 1. The van der Waals surface area contributed by atoms with Crippen LogP contribution in [0.3, 0.4) is 0 Å². The minimum Gasteiger partial charge on any atom is -0.299 e. The van der Waals surface area contributed by atoms with Crippen LogP contribution in [0.1, 0.15) is 98.8 Å². The molecule has 26 heavy (non-hydrogen) atoms. The molecule has 4 aliphatic rings. The average Bonchev–Trinajstić information content (AvgIpc) is 2.96. The third-order valence-electron chi connectivity index (χ3n) is 10.3. The van der Waals surface area contributed by atoms with Crippen LogP contribution in [0.15, 0.2) is 0 Å². The zero-order valence-electron chi connectivity index (χ0n) is 18.0. The average molecular weight is 359 g/mol. The van der Waals surface area contributed by atoms with Crippen molar-refractivity contribution in [1.82, 2.24) is 0 Å². The van der Waals surface area contributed by atoms with E-state index >= 15 is 0 Å². The van der Waals surface area contributed by atoms with E-state index in [1.165, 1.54) is 57.8 Å². The Kier molecular flexibility index (Phi) is 4.84. The summed E-state index contributed by atoms with van der Waals surface area (Å²) in [6, 6.07) is 0. The molecule has 148 valence electrons. The summed E-state index contributed by atoms with van der Waals surface area (Å²) in [6.45, 7) is 12.2. The second-order valence-corrected chi connectivity index (χ2v) is 11.4. The van der Waals surface area contributed by atoms with E-state index in [2.05, 4.69) is 34.6 Å². The molecule has 4 rings (SSSR count). The van der Waals surface area contributed by atoms with Gasteiger partial charge in [-0.2, -0.15) is 0 Å². The topological polar surface area (TPSA) is 17.1 Å². The highest BCUT2D eigenvalue weighted by atomic mass is 16.1. The smallest absolute Gasteiger partial charge is 0.139 e. The summed E-state index contributed by atoms with van der Waals surface area (Å²) in [5.74, 6) is 6.05. The van der Waals surface area contributed by atoms with Gasteiger partial charge in [0.25, 0.3) is 0 Å². The number of Topliss-reactive ketones (excluding diaryl/α,β-unsaturated/α-hetero) is 1. The first-order chi connectivity index (χ1) is 12.3. The molecule has 0 radical (unpaired) electrons. The summed E-state index contributed by atoms with van der Waals surface area (Å²) in [4.78, 5) is 13.7. The predicted molar refractivity (Wildman–Crippen MR) is 109 cm³/mol. The lowest BCUT2D eigenvalue weighted by molar-refractivity contribution is -0.158. The Bertz CT molecular complexity index is 552. The van der Waals surface area contributed by atoms with E-state index in [4.69, 9.17) is 0 Å². The quantitative estimate of drug-likeness (QED) is 0.536. The van der Waals surface area contributed by atoms with Gasteiger partial charge in [-0.15, -0.1) is 0 Å². The largest absolute Gasteiger partial charge is 0.299 e. The molecule has 0 amide bonds. The van der Waals surface area contributed by atoms with E-state index in [0.29, 0.717) is 29.0 Å². The van der Waals surface area contributed by atoms with Crippen LogP contribution < -0.4 is 0 Å². The Hall–Kier alpha value is -0.330. The molecule has 0 aromatic rings. The van der Waals surface area contributed by atoms with Crippen molar-refractivity contribution >= 4 is 5.78 Å². The Morgan fingerprint density at radius 1 is 1.08 bits per heavy atom. The molecule has 0 bridgehead atoms. The van der Waals surface area contributed by atoms with Crippen molar-refractivity contribution in [1.29, 1.82) is 0 Å². The molecule has 1 nitrogen and oxygen atoms in total. The van der Waals surface area contributed by atoms with Gasteiger partial charge in [-0.1, -0.05) is 53.9 Å². The number of carbonyl (C=O) groups is 1. The maximum atomic E-state index is 13.7. The van der Waals surface area contributed by atoms with Crippen molar-refractivity contribution in [2.75, 3.05) is 0 Å². The van der Waals surface area contributed by atoms with Crippen molar-refractivity contribution in [3.63, 3.8) is 0 Å². The Labute approximate surface area is 162 Å². The van der Waals surface area contributed by atoms with E-state index in [1.807, 2.05) is 0 Å². The summed E-state index contributed by atoms with van der Waals surface area (Å²) in [7, 11) is 0. The van der Waals surface area contributed by atoms with E-state index in [1.54, 1.807) is 0 Å². The molecule has 1 unspecified atom stereocenters. The lowest BCUT2D eigenvalue weighted by Crippen LogP contribution is -2.57. The number of ketones is 1. The zero-order chi connectivity index (χ0) is 18.7. The second kappa shape index (κ2) is 6.63. The Morgan fingerprint density at radius 2 is 1.85 bits per heavy atom. The van der Waals surface area contributed by atoms with Gasteiger partial charge in [0, 0.05) is 11.8 Å². The van der Waals surface area contributed by atoms with E-state index in [0.717, 1.165) is 30.1 Å². The summed E-state index contributed by atoms with van der Waals surface area (Å²) in [5.41, 5.74) is 0.459. The standard InChI is InChI=1S/C25H42O/c1-6-7-17(3)20-10-11-21-19-9-8-18-14-16(2)12-13-24(18,4)22(19)15-23(26)25(20,21)5/h16-22H,6-15H2,1-5H3/t16-,17-,18-,19+,20-,21+,22?,24+,25-/m1/s1. The third-order valence-corrected chi connectivity index (χ3v) is 10.3. The van der Waals surface area contributed by atoms with Crippen LogP contribution in [-0.4, -0.2) is 5.78 Å². The number of carbonyl (C=O) groups excluding carboxylic acids is 1. The number of hydrogen-bond donors (Lipinski definition) is 0. The Morgan fingerprint density at radius 3 is 2.58 bits per heavy atom. The fourth-order valence-corrected chi connectivity index (χ4v) is 8.78. The summed E-state index contributed by atoms with van der Waals surface area (Å²) < 4.78 is 0. The van der Waals surface area contributed by atoms with Gasteiger partial charge in [-0.05, 0) is 85.4 Å². The maximum absolute atomic E-state index is 13.7. The van der Waals surface area contributed by atoms with Gasteiger partial charge in [0.1, 0.15) is 5.78 Å². The normalized spacial score (nSPS) is 52.1. The van der Waals surface area contributed by atoms with E-state index < -0.39 is 0 Å². The molecule has 0 aromatic carbocycles. The number of fused-ring (bicyclic) bond motifs is 5. The molecule has 9 atom stereocenters. The first kappa shape index (κ1) is 19.0. The highest BCUT2D eigenvalue weighted by Gasteiger charge is 2.63. The first-order valence-electron chi connectivity index (χ1n) is 11.9. The molecule has 0 saturated heterocycles. The molecule has 0 spiro atoms. The SMILES string of the molecule is CCC[C@@H](C)[C@H]1CC[C@H]2[C@@H]3CC[C@@H]4C[C@H](C)CC[C@]4(C)C3CC(=O)[C@]12C. The Balaban J connectivity index is 1.62. The van der Waals surface area contributed by atoms with E-state index in [9.17, 15) is 4.79 Å². The third kappa shape index (κ3) is 2.58. The van der Waals surface area contributed by atoms with Crippen LogP contribution in [0.2, 0.25) is 0 Å². The lowest BCUT2D eigenvalue weighted by atomic mass is 9.43. The van der Waals surface area contributed by atoms with Gasteiger partial charge in [0.2, 0.25) is 0 Å². The summed E-state index contributed by atoms with van der Waals surface area (Å²) in [6.07, 6.45) is 13.2. The van der Waals surface area contributed by atoms with Gasteiger partial charge >= 0.3 is 0 Å². The molecule has 1 heteroatoms. The fourth-order valence-electron chi connectivity index (χ4n) is 8.78.